The quantitative estimate of drug-likeness (QED) is 0.929. The summed E-state index contributed by atoms with van der Waals surface area (Å²) < 4.78 is 0. The zero-order chi connectivity index (χ0) is 15.6. The first-order chi connectivity index (χ1) is 9.90. The highest BCUT2D eigenvalue weighted by Gasteiger charge is 2.17. The zero-order valence-electron chi connectivity index (χ0n) is 11.0. The van der Waals surface area contributed by atoms with Gasteiger partial charge in [-0.1, -0.05) is 23.2 Å². The summed E-state index contributed by atoms with van der Waals surface area (Å²) in [6, 6.07) is 10.6. The second kappa shape index (κ2) is 6.16. The van der Waals surface area contributed by atoms with Crippen molar-refractivity contribution in [1.82, 2.24) is 0 Å². The predicted octanol–water partition coefficient (Wildman–Crippen LogP) is 3.97. The maximum absolute atomic E-state index is 12.4. The van der Waals surface area contributed by atoms with Gasteiger partial charge in [0, 0.05) is 17.8 Å². The first kappa shape index (κ1) is 15.4. The summed E-state index contributed by atoms with van der Waals surface area (Å²) in [4.78, 5) is 24.6. The molecule has 1 N–H and O–H groups in total. The zero-order valence-corrected chi connectivity index (χ0v) is 12.5. The van der Waals surface area contributed by atoms with Crippen LogP contribution in [0.5, 0.6) is 0 Å². The fourth-order valence-electron chi connectivity index (χ4n) is 1.79. The van der Waals surface area contributed by atoms with Crippen LogP contribution < -0.4 is 4.90 Å². The molecule has 2 rings (SSSR count). The topological polar surface area (TPSA) is 57.6 Å². The van der Waals surface area contributed by atoms with Crippen molar-refractivity contribution in [2.45, 2.75) is 0 Å². The number of carboxylic acid groups (broad SMARTS) is 1. The average molecular weight is 324 g/mol. The van der Waals surface area contributed by atoms with Gasteiger partial charge in [-0.05, 0) is 42.5 Å². The van der Waals surface area contributed by atoms with Gasteiger partial charge < -0.3 is 10.0 Å². The van der Waals surface area contributed by atoms with Crippen LogP contribution in [0.2, 0.25) is 10.0 Å². The molecule has 2 aromatic rings. The van der Waals surface area contributed by atoms with Gasteiger partial charge in [0.2, 0.25) is 0 Å². The Hall–Kier alpha value is -2.04. The second-order valence-corrected chi connectivity index (χ2v) is 5.18. The van der Waals surface area contributed by atoms with E-state index in [1.165, 1.54) is 23.1 Å². The average Bonchev–Trinajstić information content (AvgIpc) is 2.46. The molecule has 1 amide bonds. The lowest BCUT2D eigenvalue weighted by molar-refractivity contribution is 0.0696. The molecular weight excluding hydrogens is 313 g/mol. The van der Waals surface area contributed by atoms with Crippen LogP contribution in [0.3, 0.4) is 0 Å². The first-order valence-corrected chi connectivity index (χ1v) is 6.72. The molecule has 4 nitrogen and oxygen atoms in total. The summed E-state index contributed by atoms with van der Waals surface area (Å²) in [5, 5.41) is 9.57. The first-order valence-electron chi connectivity index (χ1n) is 5.96. The van der Waals surface area contributed by atoms with E-state index in [1.807, 2.05) is 0 Å². The number of carbonyl (C=O) groups excluding carboxylic acids is 1. The van der Waals surface area contributed by atoms with Crippen LogP contribution in [0.1, 0.15) is 20.7 Å². The van der Waals surface area contributed by atoms with Crippen molar-refractivity contribution in [1.29, 1.82) is 0 Å². The molecule has 108 valence electrons. The van der Waals surface area contributed by atoms with Gasteiger partial charge in [0.1, 0.15) is 0 Å². The monoisotopic (exact) mass is 323 g/mol. The molecule has 2 aromatic carbocycles. The van der Waals surface area contributed by atoms with Crippen LogP contribution in [0.4, 0.5) is 5.69 Å². The minimum Gasteiger partial charge on any atom is -0.478 e. The maximum atomic E-state index is 12.4. The molecule has 0 saturated heterocycles. The van der Waals surface area contributed by atoms with E-state index >= 15 is 0 Å². The number of rotatable bonds is 3. The summed E-state index contributed by atoms with van der Waals surface area (Å²) >= 11 is 11.8. The smallest absolute Gasteiger partial charge is 0.335 e. The van der Waals surface area contributed by atoms with Crippen LogP contribution in [0.15, 0.2) is 42.5 Å². The number of nitrogens with zero attached hydrogens (tertiary/aromatic N) is 1. The number of carboxylic acids is 1. The van der Waals surface area contributed by atoms with E-state index in [9.17, 15) is 9.59 Å². The van der Waals surface area contributed by atoms with Crippen LogP contribution in [0, 0.1) is 0 Å². The lowest BCUT2D eigenvalue weighted by Gasteiger charge is -2.18. The second-order valence-electron chi connectivity index (χ2n) is 4.34. The molecule has 21 heavy (non-hydrogen) atoms. The molecule has 6 heteroatoms. The van der Waals surface area contributed by atoms with Crippen LogP contribution in [0.25, 0.3) is 0 Å². The third-order valence-corrected chi connectivity index (χ3v) is 3.52. The molecule has 0 heterocycles. The van der Waals surface area contributed by atoms with Gasteiger partial charge in [0.25, 0.3) is 5.91 Å². The van der Waals surface area contributed by atoms with Crippen LogP contribution >= 0.6 is 23.2 Å². The van der Waals surface area contributed by atoms with E-state index in [-0.39, 0.29) is 16.5 Å². The Bertz CT molecular complexity index is 699. The Kier molecular flexibility index (Phi) is 4.50. The Balaban J connectivity index is 2.28. The Labute approximate surface area is 131 Å². The standard InChI is InChI=1S/C15H11Cl2NO3/c1-18(11-5-2-9(3-6-11)15(20)21)14(19)12-7-4-10(16)8-13(12)17/h2-8H,1H3,(H,20,21). The fraction of sp³-hybridized carbons (Fsp3) is 0.0667. The van der Waals surface area contributed by atoms with E-state index in [0.717, 1.165) is 0 Å². The van der Waals surface area contributed by atoms with Crippen LogP contribution in [-0.4, -0.2) is 24.0 Å². The summed E-state index contributed by atoms with van der Waals surface area (Å²) in [5.41, 5.74) is 1.05. The van der Waals surface area contributed by atoms with Gasteiger partial charge >= 0.3 is 5.97 Å². The minimum absolute atomic E-state index is 0.157. The maximum Gasteiger partial charge on any atom is 0.335 e. The van der Waals surface area contributed by atoms with Crippen molar-refractivity contribution in [3.05, 3.63) is 63.6 Å². The lowest BCUT2D eigenvalue weighted by Crippen LogP contribution is -2.26. The molecule has 0 aliphatic rings. The van der Waals surface area contributed by atoms with E-state index < -0.39 is 5.97 Å². The number of halogens is 2. The summed E-state index contributed by atoms with van der Waals surface area (Å²) in [6.45, 7) is 0. The van der Waals surface area contributed by atoms with Gasteiger partial charge in [-0.3, -0.25) is 4.79 Å². The van der Waals surface area contributed by atoms with Crippen molar-refractivity contribution < 1.29 is 14.7 Å². The van der Waals surface area contributed by atoms with Gasteiger partial charge in [-0.2, -0.15) is 0 Å². The number of carbonyl (C=O) groups is 2. The van der Waals surface area contributed by atoms with Crippen molar-refractivity contribution in [3.8, 4) is 0 Å². The number of hydrogen-bond acceptors (Lipinski definition) is 2. The molecular formula is C15H11Cl2NO3. The van der Waals surface area contributed by atoms with E-state index in [1.54, 1.807) is 31.3 Å². The summed E-state index contributed by atoms with van der Waals surface area (Å²) in [6.07, 6.45) is 0. The number of amides is 1. The Morgan fingerprint density at radius 2 is 1.67 bits per heavy atom. The molecule has 0 spiro atoms. The SMILES string of the molecule is CN(C(=O)c1ccc(Cl)cc1Cl)c1ccc(C(=O)O)cc1. The van der Waals surface area contributed by atoms with E-state index in [4.69, 9.17) is 28.3 Å². The van der Waals surface area contributed by atoms with Crippen molar-refractivity contribution >= 4 is 40.8 Å². The van der Waals surface area contributed by atoms with Gasteiger partial charge in [-0.25, -0.2) is 4.79 Å². The molecule has 0 bridgehead atoms. The van der Waals surface area contributed by atoms with E-state index in [0.29, 0.717) is 16.3 Å². The van der Waals surface area contributed by atoms with Crippen molar-refractivity contribution in [2.24, 2.45) is 0 Å². The summed E-state index contributed by atoms with van der Waals surface area (Å²) in [7, 11) is 1.59. The van der Waals surface area contributed by atoms with Crippen molar-refractivity contribution in [3.63, 3.8) is 0 Å². The third-order valence-electron chi connectivity index (χ3n) is 2.97. The molecule has 0 aliphatic heterocycles. The Morgan fingerprint density at radius 3 is 2.19 bits per heavy atom. The van der Waals surface area contributed by atoms with Crippen LogP contribution in [-0.2, 0) is 0 Å². The fourth-order valence-corrected chi connectivity index (χ4v) is 2.28. The molecule has 0 saturated carbocycles. The van der Waals surface area contributed by atoms with E-state index in [2.05, 4.69) is 0 Å². The highest BCUT2D eigenvalue weighted by molar-refractivity contribution is 6.37. The normalized spacial score (nSPS) is 10.2. The lowest BCUT2D eigenvalue weighted by atomic mass is 10.1. The molecule has 0 aliphatic carbocycles. The minimum atomic E-state index is -1.02. The largest absolute Gasteiger partial charge is 0.478 e. The molecule has 0 unspecified atom stereocenters. The Morgan fingerprint density at radius 1 is 1.05 bits per heavy atom. The highest BCUT2D eigenvalue weighted by atomic mass is 35.5. The molecule has 0 radical (unpaired) electrons. The molecule has 0 fully saturated rings. The van der Waals surface area contributed by atoms with Crippen molar-refractivity contribution in [2.75, 3.05) is 11.9 Å². The highest BCUT2D eigenvalue weighted by Crippen LogP contribution is 2.24. The predicted molar refractivity (Wildman–Crippen MR) is 82.6 cm³/mol. The number of benzene rings is 2. The number of anilines is 1. The number of hydrogen-bond donors (Lipinski definition) is 1. The van der Waals surface area contributed by atoms with Gasteiger partial charge in [-0.15, -0.1) is 0 Å². The van der Waals surface area contributed by atoms with Gasteiger partial charge in [0.15, 0.2) is 0 Å². The molecule has 0 atom stereocenters. The van der Waals surface area contributed by atoms with Gasteiger partial charge in [0.05, 0.1) is 16.1 Å². The summed E-state index contributed by atoms with van der Waals surface area (Å²) in [5.74, 6) is -1.32. The molecule has 0 aromatic heterocycles. The number of aromatic carboxylic acids is 1. The third kappa shape index (κ3) is 3.35.